The summed E-state index contributed by atoms with van der Waals surface area (Å²) < 4.78 is 0. The van der Waals surface area contributed by atoms with Crippen molar-refractivity contribution in [2.24, 2.45) is 0 Å². The molecule has 1 aromatic rings. The molecule has 0 aliphatic carbocycles. The van der Waals surface area contributed by atoms with Crippen LogP contribution in [0.25, 0.3) is 0 Å². The van der Waals surface area contributed by atoms with Gasteiger partial charge >= 0.3 is 0 Å². The zero-order valence-corrected chi connectivity index (χ0v) is 9.96. The van der Waals surface area contributed by atoms with Crippen LogP contribution in [-0.2, 0) is 6.42 Å². The Hall–Kier alpha value is -0.280. The number of aliphatic hydroxyl groups is 2. The molecule has 2 unspecified atom stereocenters. The molecular weight excluding hydrogens is 235 g/mol. The van der Waals surface area contributed by atoms with Crippen molar-refractivity contribution < 1.29 is 10.2 Å². The molecule has 0 aliphatic rings. The Morgan fingerprint density at radius 1 is 1.20 bits per heavy atom. The summed E-state index contributed by atoms with van der Waals surface area (Å²) in [7, 11) is 0. The lowest BCUT2D eigenvalue weighted by Crippen LogP contribution is -2.27. The number of benzene rings is 1. The summed E-state index contributed by atoms with van der Waals surface area (Å²) in [6, 6.07) is 5.25. The third-order valence-electron chi connectivity index (χ3n) is 2.32. The molecule has 1 aromatic carbocycles. The van der Waals surface area contributed by atoms with Crippen LogP contribution in [0.2, 0.25) is 10.0 Å². The molecule has 4 heteroatoms. The van der Waals surface area contributed by atoms with E-state index in [2.05, 4.69) is 0 Å². The fourth-order valence-corrected chi connectivity index (χ4v) is 1.74. The number of rotatable bonds is 4. The molecular formula is C11H14Cl2O2. The third-order valence-corrected chi connectivity index (χ3v) is 3.18. The molecule has 0 heterocycles. The minimum absolute atomic E-state index is 0.314. The molecule has 15 heavy (non-hydrogen) atoms. The second kappa shape index (κ2) is 5.71. The van der Waals surface area contributed by atoms with Gasteiger partial charge in [-0.2, -0.15) is 0 Å². The first-order chi connectivity index (χ1) is 7.06. The van der Waals surface area contributed by atoms with Gasteiger partial charge in [-0.1, -0.05) is 42.3 Å². The summed E-state index contributed by atoms with van der Waals surface area (Å²) in [6.45, 7) is 1.81. The van der Waals surface area contributed by atoms with Crippen molar-refractivity contribution in [3.8, 4) is 0 Å². The lowest BCUT2D eigenvalue weighted by atomic mass is 10.0. The monoisotopic (exact) mass is 248 g/mol. The normalized spacial score (nSPS) is 15.0. The Kier molecular flexibility index (Phi) is 4.87. The Morgan fingerprint density at radius 2 is 1.87 bits per heavy atom. The summed E-state index contributed by atoms with van der Waals surface area (Å²) in [4.78, 5) is 0. The minimum atomic E-state index is -0.800. The van der Waals surface area contributed by atoms with Crippen LogP contribution in [0.5, 0.6) is 0 Å². The maximum absolute atomic E-state index is 9.63. The largest absolute Gasteiger partial charge is 0.390 e. The first kappa shape index (κ1) is 12.8. The maximum Gasteiger partial charge on any atom is 0.0839 e. The SMILES string of the molecule is CCC(O)C(O)Cc1cccc(Cl)c1Cl. The molecule has 0 saturated carbocycles. The smallest absolute Gasteiger partial charge is 0.0839 e. The first-order valence-corrected chi connectivity index (χ1v) is 5.60. The van der Waals surface area contributed by atoms with E-state index in [1.165, 1.54) is 0 Å². The fraction of sp³-hybridized carbons (Fsp3) is 0.455. The average Bonchev–Trinajstić information content (AvgIpc) is 2.23. The molecule has 0 bridgehead atoms. The van der Waals surface area contributed by atoms with Crippen molar-refractivity contribution in [1.82, 2.24) is 0 Å². The van der Waals surface area contributed by atoms with Crippen molar-refractivity contribution >= 4 is 23.2 Å². The van der Waals surface area contributed by atoms with Gasteiger partial charge < -0.3 is 10.2 Å². The van der Waals surface area contributed by atoms with E-state index < -0.39 is 12.2 Å². The molecule has 0 radical (unpaired) electrons. The standard InChI is InChI=1S/C11H14Cl2O2/c1-2-9(14)10(15)6-7-4-3-5-8(12)11(7)13/h3-5,9-10,14-15H,2,6H2,1H3. The van der Waals surface area contributed by atoms with Gasteiger partial charge in [0.1, 0.15) is 0 Å². The molecule has 2 nitrogen and oxygen atoms in total. The molecule has 1 rings (SSSR count). The van der Waals surface area contributed by atoms with Gasteiger partial charge in [-0.3, -0.25) is 0 Å². The Labute approximate surface area is 99.5 Å². The highest BCUT2D eigenvalue weighted by molar-refractivity contribution is 6.42. The van der Waals surface area contributed by atoms with Gasteiger partial charge in [0.25, 0.3) is 0 Å². The highest BCUT2D eigenvalue weighted by Crippen LogP contribution is 2.26. The fourth-order valence-electron chi connectivity index (χ4n) is 1.34. The van der Waals surface area contributed by atoms with Crippen molar-refractivity contribution in [2.75, 3.05) is 0 Å². The van der Waals surface area contributed by atoms with Gasteiger partial charge in [0.05, 0.1) is 22.3 Å². The van der Waals surface area contributed by atoms with Crippen LogP contribution in [0.1, 0.15) is 18.9 Å². The van der Waals surface area contributed by atoms with E-state index in [4.69, 9.17) is 23.2 Å². The average molecular weight is 249 g/mol. The van der Waals surface area contributed by atoms with E-state index in [1.54, 1.807) is 18.2 Å². The van der Waals surface area contributed by atoms with Crippen LogP contribution in [-0.4, -0.2) is 22.4 Å². The predicted molar refractivity (Wildman–Crippen MR) is 62.5 cm³/mol. The topological polar surface area (TPSA) is 40.5 Å². The molecule has 0 saturated heterocycles. The number of hydrogen-bond acceptors (Lipinski definition) is 2. The van der Waals surface area contributed by atoms with Gasteiger partial charge in [0.2, 0.25) is 0 Å². The molecule has 0 fully saturated rings. The van der Waals surface area contributed by atoms with Gasteiger partial charge in [0, 0.05) is 6.42 Å². The summed E-state index contributed by atoms with van der Waals surface area (Å²) in [5.41, 5.74) is 0.754. The Balaban J connectivity index is 2.76. The zero-order valence-electron chi connectivity index (χ0n) is 8.45. The van der Waals surface area contributed by atoms with E-state index in [0.29, 0.717) is 22.9 Å². The molecule has 0 amide bonds. The van der Waals surface area contributed by atoms with E-state index in [0.717, 1.165) is 5.56 Å². The minimum Gasteiger partial charge on any atom is -0.390 e. The van der Waals surface area contributed by atoms with E-state index >= 15 is 0 Å². The lowest BCUT2D eigenvalue weighted by molar-refractivity contribution is 0.0182. The van der Waals surface area contributed by atoms with Crippen molar-refractivity contribution in [3.05, 3.63) is 33.8 Å². The van der Waals surface area contributed by atoms with Gasteiger partial charge in [-0.25, -0.2) is 0 Å². The van der Waals surface area contributed by atoms with Gasteiger partial charge in [0.15, 0.2) is 0 Å². The van der Waals surface area contributed by atoms with Crippen LogP contribution in [0.4, 0.5) is 0 Å². The number of halogens is 2. The quantitative estimate of drug-likeness (QED) is 0.861. The van der Waals surface area contributed by atoms with Crippen LogP contribution in [0, 0.1) is 0 Å². The third kappa shape index (κ3) is 3.35. The molecule has 2 atom stereocenters. The highest BCUT2D eigenvalue weighted by Gasteiger charge is 2.16. The second-order valence-corrected chi connectivity index (χ2v) is 4.25. The van der Waals surface area contributed by atoms with Crippen molar-refractivity contribution in [3.63, 3.8) is 0 Å². The van der Waals surface area contributed by atoms with Gasteiger partial charge in [-0.15, -0.1) is 0 Å². The zero-order chi connectivity index (χ0) is 11.4. The first-order valence-electron chi connectivity index (χ1n) is 4.85. The van der Waals surface area contributed by atoms with Crippen molar-refractivity contribution in [1.29, 1.82) is 0 Å². The summed E-state index contributed by atoms with van der Waals surface area (Å²) in [6.07, 6.45) is -0.695. The van der Waals surface area contributed by atoms with Crippen LogP contribution in [0.15, 0.2) is 18.2 Å². The van der Waals surface area contributed by atoms with Crippen molar-refractivity contribution in [2.45, 2.75) is 32.0 Å². The number of aliphatic hydroxyl groups excluding tert-OH is 2. The highest BCUT2D eigenvalue weighted by atomic mass is 35.5. The molecule has 2 N–H and O–H groups in total. The van der Waals surface area contributed by atoms with E-state index in [1.807, 2.05) is 6.92 Å². The Morgan fingerprint density at radius 3 is 2.47 bits per heavy atom. The summed E-state index contributed by atoms with van der Waals surface area (Å²) in [5.74, 6) is 0. The van der Waals surface area contributed by atoms with Crippen LogP contribution < -0.4 is 0 Å². The van der Waals surface area contributed by atoms with Crippen LogP contribution >= 0.6 is 23.2 Å². The molecule has 0 aliphatic heterocycles. The predicted octanol–water partition coefficient (Wildman–Crippen LogP) is 2.67. The summed E-state index contributed by atoms with van der Waals surface area (Å²) >= 11 is 11.8. The maximum atomic E-state index is 9.63. The summed E-state index contributed by atoms with van der Waals surface area (Å²) in [5, 5.41) is 20.0. The lowest BCUT2D eigenvalue weighted by Gasteiger charge is -2.16. The molecule has 84 valence electrons. The molecule has 0 spiro atoms. The number of hydrogen-bond donors (Lipinski definition) is 2. The van der Waals surface area contributed by atoms with Gasteiger partial charge in [-0.05, 0) is 18.1 Å². The second-order valence-electron chi connectivity index (χ2n) is 3.46. The van der Waals surface area contributed by atoms with E-state index in [-0.39, 0.29) is 0 Å². The molecule has 0 aromatic heterocycles. The van der Waals surface area contributed by atoms with Crippen LogP contribution in [0.3, 0.4) is 0 Å². The van der Waals surface area contributed by atoms with E-state index in [9.17, 15) is 10.2 Å². The Bertz CT molecular complexity index is 328.